The van der Waals surface area contributed by atoms with Crippen molar-refractivity contribution in [3.05, 3.63) is 0 Å². The zero-order chi connectivity index (χ0) is 17.8. The van der Waals surface area contributed by atoms with Crippen LogP contribution in [0.4, 0.5) is 0 Å². The van der Waals surface area contributed by atoms with Crippen LogP contribution in [0.3, 0.4) is 0 Å². The number of ether oxygens (including phenoxy) is 1. The van der Waals surface area contributed by atoms with Crippen LogP contribution in [0, 0.1) is 5.92 Å². The van der Waals surface area contributed by atoms with E-state index in [1.54, 1.807) is 13.8 Å². The first-order chi connectivity index (χ1) is 10.6. The van der Waals surface area contributed by atoms with Crippen molar-refractivity contribution in [1.82, 2.24) is 0 Å². The lowest BCUT2D eigenvalue weighted by Crippen LogP contribution is -2.57. The van der Waals surface area contributed by atoms with Crippen LogP contribution in [-0.2, 0) is 19.4 Å². The van der Waals surface area contributed by atoms with Gasteiger partial charge in [-0.2, -0.15) is 8.42 Å². The van der Waals surface area contributed by atoms with Crippen molar-refractivity contribution >= 4 is 27.2 Å². The van der Waals surface area contributed by atoms with Crippen molar-refractivity contribution in [3.8, 4) is 0 Å². The summed E-state index contributed by atoms with van der Waals surface area (Å²) in [7, 11) is -5.03. The minimum Gasteiger partial charge on any atom is -0.714 e. The van der Waals surface area contributed by atoms with Crippen LogP contribution in [-0.4, -0.2) is 74.9 Å². The Morgan fingerprint density at radius 2 is 1.96 bits per heavy atom. The minimum absolute atomic E-state index is 0.0521. The maximum absolute atomic E-state index is 10.5. The molecule has 0 amide bonds. The molecule has 1 aliphatic heterocycles. The molecule has 0 aliphatic carbocycles. The molecule has 136 valence electrons. The molecule has 0 aromatic heterocycles. The summed E-state index contributed by atoms with van der Waals surface area (Å²) in [6.07, 6.45) is -5.18. The number of thioether (sulfide) groups is 1. The molecule has 1 aliphatic rings. The van der Waals surface area contributed by atoms with Crippen LogP contribution in [0.5, 0.6) is 0 Å². The first-order valence-electron chi connectivity index (χ1n) is 6.80. The fourth-order valence-corrected chi connectivity index (χ4v) is 3.20. The van der Waals surface area contributed by atoms with E-state index in [1.807, 2.05) is 0 Å². The van der Waals surface area contributed by atoms with E-state index in [2.05, 4.69) is 9.44 Å². The predicted octanol–water partition coefficient (Wildman–Crippen LogP) is -1.64. The fourth-order valence-electron chi connectivity index (χ4n) is 1.77. The Kier molecular flexibility index (Phi) is 7.67. The van der Waals surface area contributed by atoms with Crippen molar-refractivity contribution in [1.29, 1.82) is 0 Å². The van der Waals surface area contributed by atoms with Gasteiger partial charge in [0.25, 0.3) is 10.4 Å². The molecule has 4 N–H and O–H groups in total. The zero-order valence-electron chi connectivity index (χ0n) is 12.5. The van der Waals surface area contributed by atoms with Crippen molar-refractivity contribution in [2.24, 2.45) is 11.1 Å². The second-order valence-electron chi connectivity index (χ2n) is 5.04. The number of oxime groups is 1. The smallest absolute Gasteiger partial charge is 0.284 e. The van der Waals surface area contributed by atoms with E-state index in [9.17, 15) is 28.3 Å². The highest BCUT2D eigenvalue weighted by molar-refractivity contribution is 8.14. The average Bonchev–Trinajstić information content (AvgIpc) is 2.49. The molecular weight excluding hydrogens is 354 g/mol. The highest BCUT2D eigenvalue weighted by Gasteiger charge is 2.44. The summed E-state index contributed by atoms with van der Waals surface area (Å²) in [6.45, 7) is 2.86. The molecule has 0 aromatic rings. The molecule has 1 fully saturated rings. The second kappa shape index (κ2) is 8.58. The highest BCUT2D eigenvalue weighted by atomic mass is 32.3. The monoisotopic (exact) mass is 374 g/mol. The summed E-state index contributed by atoms with van der Waals surface area (Å²) in [5.74, 6) is -0.325. The zero-order valence-corrected chi connectivity index (χ0v) is 14.1. The average molecular weight is 374 g/mol. The fraction of sp³-hybridized carbons (Fsp3) is 0.909. The Morgan fingerprint density at radius 3 is 2.43 bits per heavy atom. The van der Waals surface area contributed by atoms with E-state index >= 15 is 0 Å². The number of nitrogens with zero attached hydrogens (tertiary/aromatic N) is 1. The van der Waals surface area contributed by atoms with Crippen molar-refractivity contribution in [2.75, 3.05) is 6.61 Å². The molecule has 0 saturated carbocycles. The normalized spacial score (nSPS) is 34.2. The molecule has 1 rings (SSSR count). The van der Waals surface area contributed by atoms with Crippen LogP contribution in [0.2, 0.25) is 0 Å². The molecule has 6 atom stereocenters. The van der Waals surface area contributed by atoms with Crippen molar-refractivity contribution in [2.45, 2.75) is 50.1 Å². The lowest BCUT2D eigenvalue weighted by atomic mass is 10.0. The second-order valence-corrected chi connectivity index (χ2v) is 7.12. The van der Waals surface area contributed by atoms with Gasteiger partial charge in [0.1, 0.15) is 34.9 Å². The van der Waals surface area contributed by atoms with Gasteiger partial charge in [-0.3, -0.25) is 4.28 Å². The first kappa shape index (κ1) is 20.6. The van der Waals surface area contributed by atoms with Gasteiger partial charge in [-0.25, -0.2) is 0 Å². The highest BCUT2D eigenvalue weighted by Crippen LogP contribution is 2.31. The van der Waals surface area contributed by atoms with E-state index in [1.165, 1.54) is 0 Å². The van der Waals surface area contributed by atoms with Gasteiger partial charge >= 0.3 is 0 Å². The maximum Gasteiger partial charge on any atom is 0.284 e. The van der Waals surface area contributed by atoms with Gasteiger partial charge in [0.05, 0.1) is 6.61 Å². The van der Waals surface area contributed by atoms with Gasteiger partial charge in [0.15, 0.2) is 0 Å². The van der Waals surface area contributed by atoms with Crippen LogP contribution in [0.25, 0.3) is 0 Å². The van der Waals surface area contributed by atoms with Gasteiger partial charge in [-0.05, 0) is 6.42 Å². The van der Waals surface area contributed by atoms with E-state index in [-0.39, 0.29) is 11.0 Å². The summed E-state index contributed by atoms with van der Waals surface area (Å²) in [6, 6.07) is 0. The Balaban J connectivity index is 2.93. The number of aliphatic hydroxyl groups is 4. The van der Waals surface area contributed by atoms with Gasteiger partial charge < -0.3 is 29.7 Å². The third-order valence-corrected chi connectivity index (χ3v) is 4.94. The third-order valence-electron chi connectivity index (χ3n) is 3.34. The topological polar surface area (TPSA) is 169 Å². The van der Waals surface area contributed by atoms with Gasteiger partial charge in [0.2, 0.25) is 0 Å². The van der Waals surface area contributed by atoms with Crippen LogP contribution < -0.4 is 0 Å². The lowest BCUT2D eigenvalue weighted by Gasteiger charge is -2.39. The molecule has 0 unspecified atom stereocenters. The van der Waals surface area contributed by atoms with E-state index < -0.39 is 46.9 Å². The Labute approximate surface area is 138 Å². The SMILES string of the molecule is CC[C@H](C)C(=NOS(=O)(=O)[O-])S[C@@H]1O[C@H](CO)[C@@H](O)[C@H](O)[C@H]1O. The summed E-state index contributed by atoms with van der Waals surface area (Å²) in [5.41, 5.74) is -1.14. The van der Waals surface area contributed by atoms with Gasteiger partial charge in [-0.15, -0.1) is 0 Å². The Bertz CT molecular complexity index is 510. The van der Waals surface area contributed by atoms with Crippen LogP contribution in [0.15, 0.2) is 5.16 Å². The maximum atomic E-state index is 10.5. The van der Waals surface area contributed by atoms with Crippen LogP contribution in [0.1, 0.15) is 20.3 Å². The number of rotatable bonds is 6. The molecule has 10 nitrogen and oxygen atoms in total. The molecule has 1 heterocycles. The summed E-state index contributed by atoms with van der Waals surface area (Å²) >= 11 is 0.739. The molecule has 12 heteroatoms. The van der Waals surface area contributed by atoms with E-state index in [0.29, 0.717) is 6.42 Å². The van der Waals surface area contributed by atoms with E-state index in [4.69, 9.17) is 9.84 Å². The summed E-state index contributed by atoms with van der Waals surface area (Å²) < 4.78 is 40.7. The van der Waals surface area contributed by atoms with Crippen LogP contribution >= 0.6 is 11.8 Å². The van der Waals surface area contributed by atoms with Gasteiger partial charge in [0, 0.05) is 5.92 Å². The van der Waals surface area contributed by atoms with Crippen molar-refractivity contribution in [3.63, 3.8) is 0 Å². The summed E-state index contributed by atoms with van der Waals surface area (Å²) in [5, 5.41) is 41.8. The number of hydrogen-bond acceptors (Lipinski definition) is 11. The molecule has 23 heavy (non-hydrogen) atoms. The molecular formula is C11H20NO9S2-. The molecule has 1 saturated heterocycles. The number of aliphatic hydroxyl groups excluding tert-OH is 4. The molecule has 0 bridgehead atoms. The number of hydrogen-bond donors (Lipinski definition) is 4. The first-order valence-corrected chi connectivity index (χ1v) is 9.01. The molecule has 0 aromatic carbocycles. The molecule has 0 radical (unpaired) electrons. The molecule has 0 spiro atoms. The lowest BCUT2D eigenvalue weighted by molar-refractivity contribution is -0.205. The summed E-state index contributed by atoms with van der Waals surface area (Å²) in [4.78, 5) is 0. The predicted molar refractivity (Wildman–Crippen MR) is 79.0 cm³/mol. The Hall–Kier alpha value is -0.470. The minimum atomic E-state index is -5.03. The van der Waals surface area contributed by atoms with E-state index in [0.717, 1.165) is 11.8 Å². The standard InChI is InChI=1S/C11H21NO9S2/c1-3-5(2)10(12-21-23(17,18)19)22-11-9(16)8(15)7(14)6(4-13)20-11/h5-9,11,13-16H,3-4H2,1-2H3,(H,17,18,19)/p-1/t5-,6+,7+,8-,9+,11-/m0/s1. The quantitative estimate of drug-likeness (QED) is 0.139. The third kappa shape index (κ3) is 5.83. The largest absolute Gasteiger partial charge is 0.714 e. The Morgan fingerprint density at radius 1 is 1.35 bits per heavy atom. The van der Waals surface area contributed by atoms with Gasteiger partial charge in [-0.1, -0.05) is 30.8 Å². The van der Waals surface area contributed by atoms with Crippen molar-refractivity contribution < 1.29 is 42.4 Å².